The molecule has 1 amide bonds. The van der Waals surface area contributed by atoms with E-state index in [4.69, 9.17) is 11.6 Å². The molecule has 5 rings (SSSR count). The van der Waals surface area contributed by atoms with Gasteiger partial charge in [-0.05, 0) is 55.0 Å². The van der Waals surface area contributed by atoms with Crippen molar-refractivity contribution in [2.24, 2.45) is 0 Å². The summed E-state index contributed by atoms with van der Waals surface area (Å²) in [6.07, 6.45) is 6.92. The van der Waals surface area contributed by atoms with Gasteiger partial charge in [0.2, 0.25) is 0 Å². The highest BCUT2D eigenvalue weighted by Crippen LogP contribution is 2.28. The number of amides is 1. The van der Waals surface area contributed by atoms with Gasteiger partial charge in [-0.1, -0.05) is 41.1 Å². The molecule has 8 nitrogen and oxygen atoms in total. The third-order valence-corrected chi connectivity index (χ3v) is 6.34. The Morgan fingerprint density at radius 3 is 2.51 bits per heavy atom. The van der Waals surface area contributed by atoms with Crippen LogP contribution in [-0.4, -0.2) is 25.4 Å². The Morgan fingerprint density at radius 1 is 1.00 bits per heavy atom. The van der Waals surface area contributed by atoms with Crippen LogP contribution in [0.2, 0.25) is 5.02 Å². The van der Waals surface area contributed by atoms with E-state index >= 15 is 0 Å². The van der Waals surface area contributed by atoms with Crippen LogP contribution in [0.1, 0.15) is 15.2 Å². The standard InChI is InChI=1S/C25H20ClN7OS/c1-16-4-2-5-19(26)23(16)32-24(34)20-14-28-25(35-20)31-22-7-3-6-21(30-22)29-17-8-10-18(11-9-17)33-13-12-27-15-33/h2-15H,1H3,(H,32,34)(H2,28,29,30,31). The van der Waals surface area contributed by atoms with E-state index in [1.807, 2.05) is 72.3 Å². The number of hydrogen-bond donors (Lipinski definition) is 3. The summed E-state index contributed by atoms with van der Waals surface area (Å²) < 4.78 is 1.94. The molecule has 0 atom stereocenters. The normalized spacial score (nSPS) is 10.7. The van der Waals surface area contributed by atoms with E-state index in [2.05, 4.69) is 30.9 Å². The molecule has 5 aromatic rings. The topological polar surface area (TPSA) is 96.8 Å². The Bertz CT molecular complexity index is 1450. The molecule has 10 heteroatoms. The number of halogens is 1. The zero-order valence-electron chi connectivity index (χ0n) is 18.6. The van der Waals surface area contributed by atoms with E-state index in [1.54, 1.807) is 18.6 Å². The maximum atomic E-state index is 12.7. The quantitative estimate of drug-likeness (QED) is 0.238. The molecule has 3 N–H and O–H groups in total. The molecule has 35 heavy (non-hydrogen) atoms. The SMILES string of the molecule is Cc1cccc(Cl)c1NC(=O)c1cnc(Nc2cccc(Nc3ccc(-n4ccnc4)cc3)n2)s1. The van der Waals surface area contributed by atoms with Crippen LogP contribution in [0, 0.1) is 6.92 Å². The predicted octanol–water partition coefficient (Wildman–Crippen LogP) is 6.43. The van der Waals surface area contributed by atoms with Crippen molar-refractivity contribution in [3.63, 3.8) is 0 Å². The Balaban J connectivity index is 1.24. The number of thiazole rings is 1. The van der Waals surface area contributed by atoms with Crippen molar-refractivity contribution in [2.45, 2.75) is 6.92 Å². The van der Waals surface area contributed by atoms with Gasteiger partial charge >= 0.3 is 0 Å². The van der Waals surface area contributed by atoms with Crippen LogP contribution in [0.15, 0.2) is 85.6 Å². The Labute approximate surface area is 210 Å². The van der Waals surface area contributed by atoms with Crippen molar-refractivity contribution in [3.05, 3.63) is 101 Å². The van der Waals surface area contributed by atoms with E-state index in [-0.39, 0.29) is 5.91 Å². The zero-order valence-corrected chi connectivity index (χ0v) is 20.1. The molecular formula is C25H20ClN7OS. The first-order valence-corrected chi connectivity index (χ1v) is 11.9. The van der Waals surface area contributed by atoms with Gasteiger partial charge in [-0.15, -0.1) is 0 Å². The summed E-state index contributed by atoms with van der Waals surface area (Å²) in [6, 6.07) is 19.0. The first-order chi connectivity index (χ1) is 17.0. The summed E-state index contributed by atoms with van der Waals surface area (Å²) in [4.78, 5) is 26.1. The number of nitrogens with zero attached hydrogens (tertiary/aromatic N) is 4. The molecule has 0 aliphatic carbocycles. The number of aromatic nitrogens is 4. The van der Waals surface area contributed by atoms with Crippen molar-refractivity contribution >= 4 is 57.0 Å². The number of anilines is 5. The number of imidazole rings is 1. The highest BCUT2D eigenvalue weighted by molar-refractivity contribution is 7.17. The number of pyridine rings is 1. The monoisotopic (exact) mass is 501 g/mol. The lowest BCUT2D eigenvalue weighted by Gasteiger charge is -2.09. The number of para-hydroxylation sites is 1. The Morgan fingerprint density at radius 2 is 1.77 bits per heavy atom. The lowest BCUT2D eigenvalue weighted by atomic mass is 10.2. The van der Waals surface area contributed by atoms with Crippen molar-refractivity contribution in [3.8, 4) is 5.69 Å². The first-order valence-electron chi connectivity index (χ1n) is 10.7. The molecule has 2 aromatic carbocycles. The van der Waals surface area contributed by atoms with Crippen LogP contribution in [0.3, 0.4) is 0 Å². The van der Waals surface area contributed by atoms with Gasteiger partial charge in [0.1, 0.15) is 16.5 Å². The minimum Gasteiger partial charge on any atom is -0.340 e. The largest absolute Gasteiger partial charge is 0.340 e. The smallest absolute Gasteiger partial charge is 0.267 e. The average Bonchev–Trinajstić information content (AvgIpc) is 3.55. The fraction of sp³-hybridized carbons (Fsp3) is 0.0400. The third-order valence-electron chi connectivity index (χ3n) is 5.12. The number of rotatable bonds is 7. The lowest BCUT2D eigenvalue weighted by molar-refractivity contribution is 0.103. The number of nitrogens with one attached hydrogen (secondary N) is 3. The van der Waals surface area contributed by atoms with Crippen LogP contribution < -0.4 is 16.0 Å². The molecule has 0 aliphatic rings. The van der Waals surface area contributed by atoms with Crippen molar-refractivity contribution in [1.29, 1.82) is 0 Å². The van der Waals surface area contributed by atoms with Crippen LogP contribution in [0.5, 0.6) is 0 Å². The van der Waals surface area contributed by atoms with Crippen LogP contribution in [-0.2, 0) is 0 Å². The molecule has 0 saturated heterocycles. The molecule has 0 unspecified atom stereocenters. The molecule has 0 radical (unpaired) electrons. The number of benzene rings is 2. The number of carbonyl (C=O) groups excluding carboxylic acids is 1. The molecule has 0 saturated carbocycles. The second kappa shape index (κ2) is 9.96. The fourth-order valence-corrected chi connectivity index (χ4v) is 4.35. The minimum atomic E-state index is -0.269. The van der Waals surface area contributed by atoms with E-state index in [0.717, 1.165) is 16.9 Å². The molecular weight excluding hydrogens is 482 g/mol. The minimum absolute atomic E-state index is 0.269. The van der Waals surface area contributed by atoms with Gasteiger partial charge in [0.15, 0.2) is 5.13 Å². The molecule has 0 bridgehead atoms. The average molecular weight is 502 g/mol. The summed E-state index contributed by atoms with van der Waals surface area (Å²) in [5, 5.41) is 10.4. The lowest BCUT2D eigenvalue weighted by Crippen LogP contribution is -2.11. The van der Waals surface area contributed by atoms with Crippen LogP contribution in [0.4, 0.5) is 28.1 Å². The highest BCUT2D eigenvalue weighted by Gasteiger charge is 2.14. The molecule has 0 spiro atoms. The summed E-state index contributed by atoms with van der Waals surface area (Å²) in [6.45, 7) is 1.89. The van der Waals surface area contributed by atoms with E-state index < -0.39 is 0 Å². The van der Waals surface area contributed by atoms with E-state index in [9.17, 15) is 4.79 Å². The molecule has 0 fully saturated rings. The van der Waals surface area contributed by atoms with Gasteiger partial charge < -0.3 is 20.5 Å². The van der Waals surface area contributed by atoms with Gasteiger partial charge in [0, 0.05) is 23.8 Å². The second-order valence-electron chi connectivity index (χ2n) is 7.59. The third kappa shape index (κ3) is 5.32. The fourth-order valence-electron chi connectivity index (χ4n) is 3.36. The maximum absolute atomic E-state index is 12.7. The molecule has 174 valence electrons. The van der Waals surface area contributed by atoms with Crippen molar-refractivity contribution in [2.75, 3.05) is 16.0 Å². The van der Waals surface area contributed by atoms with Crippen LogP contribution >= 0.6 is 22.9 Å². The Hall–Kier alpha value is -4.21. The van der Waals surface area contributed by atoms with Crippen LogP contribution in [0.25, 0.3) is 5.69 Å². The van der Waals surface area contributed by atoms with E-state index in [0.29, 0.717) is 32.4 Å². The molecule has 3 aromatic heterocycles. The van der Waals surface area contributed by atoms with Gasteiger partial charge in [-0.3, -0.25) is 4.79 Å². The van der Waals surface area contributed by atoms with Gasteiger partial charge in [0.25, 0.3) is 5.91 Å². The summed E-state index contributed by atoms with van der Waals surface area (Å²) in [5.41, 5.74) is 3.41. The van der Waals surface area contributed by atoms with Crippen molar-refractivity contribution in [1.82, 2.24) is 19.5 Å². The maximum Gasteiger partial charge on any atom is 0.267 e. The Kier molecular flexibility index (Phi) is 6.42. The van der Waals surface area contributed by atoms with Gasteiger partial charge in [-0.2, -0.15) is 0 Å². The summed E-state index contributed by atoms with van der Waals surface area (Å²) in [5.74, 6) is 1.01. The molecule has 0 aliphatic heterocycles. The zero-order chi connectivity index (χ0) is 24.2. The number of aryl methyl sites for hydroxylation is 1. The summed E-state index contributed by atoms with van der Waals surface area (Å²) in [7, 11) is 0. The predicted molar refractivity (Wildman–Crippen MR) is 141 cm³/mol. The van der Waals surface area contributed by atoms with E-state index in [1.165, 1.54) is 17.5 Å². The van der Waals surface area contributed by atoms with Crippen molar-refractivity contribution < 1.29 is 4.79 Å². The van der Waals surface area contributed by atoms with Gasteiger partial charge in [-0.25, -0.2) is 15.0 Å². The summed E-state index contributed by atoms with van der Waals surface area (Å²) >= 11 is 7.45. The second-order valence-corrected chi connectivity index (χ2v) is 9.03. The number of carbonyl (C=O) groups is 1. The number of hydrogen-bond acceptors (Lipinski definition) is 7. The first kappa shape index (κ1) is 22.6. The highest BCUT2D eigenvalue weighted by atomic mass is 35.5. The van der Waals surface area contributed by atoms with Gasteiger partial charge in [0.05, 0.1) is 23.2 Å². The molecule has 3 heterocycles.